The number of aromatic nitrogens is 1. The molecule has 0 aliphatic heterocycles. The van der Waals surface area contributed by atoms with Gasteiger partial charge in [0.15, 0.2) is 0 Å². The Balaban J connectivity index is 2.82. The lowest BCUT2D eigenvalue weighted by Gasteiger charge is -2.26. The maximum Gasteiger partial charge on any atom is 0.0456 e. The maximum absolute atomic E-state index is 2.42. The van der Waals surface area contributed by atoms with Crippen LogP contribution in [0.15, 0.2) is 30.3 Å². The van der Waals surface area contributed by atoms with E-state index in [1.165, 1.54) is 16.9 Å². The van der Waals surface area contributed by atoms with Crippen molar-refractivity contribution in [2.75, 3.05) is 0 Å². The summed E-state index contributed by atoms with van der Waals surface area (Å²) in [6, 6.07) is 11.1. The lowest BCUT2D eigenvalue weighted by molar-refractivity contribution is 0.522. The zero-order valence-corrected chi connectivity index (χ0v) is 11.8. The number of nitrogens with zero attached hydrogens (tertiary/aromatic N) is 1. The van der Waals surface area contributed by atoms with Gasteiger partial charge < -0.3 is 4.40 Å². The fraction of sp³-hybridized carbons (Fsp3) is 0.500. The van der Waals surface area contributed by atoms with Crippen molar-refractivity contribution >= 4 is 5.52 Å². The quantitative estimate of drug-likeness (QED) is 0.625. The van der Waals surface area contributed by atoms with Gasteiger partial charge in [0.2, 0.25) is 0 Å². The molecule has 0 aromatic carbocycles. The van der Waals surface area contributed by atoms with Gasteiger partial charge in [-0.15, -0.1) is 0 Å². The van der Waals surface area contributed by atoms with E-state index >= 15 is 0 Å². The number of rotatable bonds is 0. The fourth-order valence-corrected chi connectivity index (χ4v) is 2.33. The molecule has 0 spiro atoms. The summed E-state index contributed by atoms with van der Waals surface area (Å²) in [4.78, 5) is 0. The molecule has 0 N–H and O–H groups in total. The highest BCUT2D eigenvalue weighted by atomic mass is 14.9. The summed E-state index contributed by atoms with van der Waals surface area (Å²) >= 11 is 0. The Morgan fingerprint density at radius 3 is 1.76 bits per heavy atom. The van der Waals surface area contributed by atoms with Crippen LogP contribution in [0.25, 0.3) is 5.52 Å². The molecule has 17 heavy (non-hydrogen) atoms. The molecule has 0 unspecified atom stereocenters. The minimum Gasteiger partial charge on any atom is -0.317 e. The number of hydrogen-bond donors (Lipinski definition) is 0. The molecule has 2 aromatic heterocycles. The first-order valence-corrected chi connectivity index (χ1v) is 6.33. The Morgan fingerprint density at radius 1 is 0.706 bits per heavy atom. The first-order chi connectivity index (χ1) is 7.71. The standard InChI is InChI=1S/C16H23N/c1-15(2,3)13-9-7-8-12-10-11-14(17(12)13)16(4,5)6/h7-11H,1-6H3. The van der Waals surface area contributed by atoms with Crippen molar-refractivity contribution in [3.63, 3.8) is 0 Å². The topological polar surface area (TPSA) is 4.41 Å². The molecular formula is C16H23N. The van der Waals surface area contributed by atoms with Crippen LogP contribution in [0.5, 0.6) is 0 Å². The molecule has 0 aliphatic rings. The zero-order chi connectivity index (χ0) is 12.8. The third-order valence-corrected chi connectivity index (χ3v) is 3.21. The lowest BCUT2D eigenvalue weighted by Crippen LogP contribution is -2.21. The molecular weight excluding hydrogens is 206 g/mol. The number of hydrogen-bond acceptors (Lipinski definition) is 0. The molecule has 2 heterocycles. The molecule has 1 heteroatoms. The zero-order valence-electron chi connectivity index (χ0n) is 11.8. The molecule has 2 rings (SSSR count). The smallest absolute Gasteiger partial charge is 0.0456 e. The predicted molar refractivity (Wildman–Crippen MR) is 74.8 cm³/mol. The summed E-state index contributed by atoms with van der Waals surface area (Å²) in [6.07, 6.45) is 0. The fourth-order valence-electron chi connectivity index (χ4n) is 2.33. The van der Waals surface area contributed by atoms with Gasteiger partial charge >= 0.3 is 0 Å². The van der Waals surface area contributed by atoms with E-state index in [1.807, 2.05) is 0 Å². The molecule has 0 amide bonds. The van der Waals surface area contributed by atoms with Gasteiger partial charge in [-0.05, 0) is 24.3 Å². The Kier molecular flexibility index (Phi) is 2.61. The summed E-state index contributed by atoms with van der Waals surface area (Å²) in [5.74, 6) is 0. The van der Waals surface area contributed by atoms with Gasteiger partial charge in [-0.2, -0.15) is 0 Å². The van der Waals surface area contributed by atoms with Crippen LogP contribution in [0, 0.1) is 0 Å². The van der Waals surface area contributed by atoms with Gasteiger partial charge in [0.1, 0.15) is 0 Å². The van der Waals surface area contributed by atoms with Crippen molar-refractivity contribution in [1.82, 2.24) is 4.40 Å². The summed E-state index contributed by atoms with van der Waals surface area (Å²) in [7, 11) is 0. The van der Waals surface area contributed by atoms with Crippen LogP contribution < -0.4 is 0 Å². The van der Waals surface area contributed by atoms with Crippen molar-refractivity contribution in [1.29, 1.82) is 0 Å². The highest BCUT2D eigenvalue weighted by molar-refractivity contribution is 5.53. The second-order valence-electron chi connectivity index (χ2n) is 6.89. The van der Waals surface area contributed by atoms with Crippen molar-refractivity contribution in [2.24, 2.45) is 0 Å². The van der Waals surface area contributed by atoms with Crippen LogP contribution in [0.3, 0.4) is 0 Å². The van der Waals surface area contributed by atoms with E-state index in [-0.39, 0.29) is 10.8 Å². The predicted octanol–water partition coefficient (Wildman–Crippen LogP) is 4.53. The molecule has 0 bridgehead atoms. The van der Waals surface area contributed by atoms with Gasteiger partial charge in [0, 0.05) is 27.7 Å². The van der Waals surface area contributed by atoms with E-state index in [1.54, 1.807) is 0 Å². The minimum absolute atomic E-state index is 0.165. The number of fused-ring (bicyclic) bond motifs is 1. The molecule has 1 nitrogen and oxygen atoms in total. The van der Waals surface area contributed by atoms with Crippen LogP contribution in [0.1, 0.15) is 52.9 Å². The molecule has 0 aliphatic carbocycles. The minimum atomic E-state index is 0.165. The molecule has 0 saturated heterocycles. The van der Waals surface area contributed by atoms with E-state index in [9.17, 15) is 0 Å². The second kappa shape index (κ2) is 3.63. The van der Waals surface area contributed by atoms with Gasteiger partial charge in [-0.1, -0.05) is 47.6 Å². The van der Waals surface area contributed by atoms with E-state index < -0.39 is 0 Å². The largest absolute Gasteiger partial charge is 0.317 e. The van der Waals surface area contributed by atoms with Gasteiger partial charge in [0.25, 0.3) is 0 Å². The molecule has 92 valence electrons. The molecule has 0 fully saturated rings. The van der Waals surface area contributed by atoms with Gasteiger partial charge in [-0.25, -0.2) is 0 Å². The maximum atomic E-state index is 2.42. The Labute approximate surface area is 104 Å². The van der Waals surface area contributed by atoms with Crippen molar-refractivity contribution in [3.05, 3.63) is 41.7 Å². The van der Waals surface area contributed by atoms with Crippen molar-refractivity contribution in [3.8, 4) is 0 Å². The third kappa shape index (κ3) is 2.11. The van der Waals surface area contributed by atoms with Gasteiger partial charge in [-0.3, -0.25) is 0 Å². The summed E-state index contributed by atoms with van der Waals surface area (Å²) in [5, 5.41) is 0. The molecule has 0 atom stereocenters. The average molecular weight is 229 g/mol. The normalized spacial score (nSPS) is 13.3. The lowest BCUT2D eigenvalue weighted by atomic mass is 9.89. The molecule has 2 aromatic rings. The molecule has 0 radical (unpaired) electrons. The van der Waals surface area contributed by atoms with Crippen LogP contribution in [-0.2, 0) is 10.8 Å². The van der Waals surface area contributed by atoms with Crippen molar-refractivity contribution < 1.29 is 0 Å². The summed E-state index contributed by atoms with van der Waals surface area (Å²) in [5.41, 5.74) is 4.40. The van der Waals surface area contributed by atoms with Crippen LogP contribution in [0.4, 0.5) is 0 Å². The Hall–Kier alpha value is -1.24. The molecule has 0 saturated carbocycles. The summed E-state index contributed by atoms with van der Waals surface area (Å²) in [6.45, 7) is 13.6. The average Bonchev–Trinajstić information content (AvgIpc) is 2.57. The van der Waals surface area contributed by atoms with E-state index in [4.69, 9.17) is 0 Å². The van der Waals surface area contributed by atoms with E-state index in [0.717, 1.165) is 0 Å². The third-order valence-electron chi connectivity index (χ3n) is 3.21. The first kappa shape index (κ1) is 12.2. The SMILES string of the molecule is CC(C)(C)c1cccc2ccc(C(C)(C)C)n12. The second-order valence-corrected chi connectivity index (χ2v) is 6.89. The van der Waals surface area contributed by atoms with E-state index in [0.29, 0.717) is 0 Å². The monoisotopic (exact) mass is 229 g/mol. The van der Waals surface area contributed by atoms with Crippen LogP contribution in [0.2, 0.25) is 0 Å². The highest BCUT2D eigenvalue weighted by Gasteiger charge is 2.23. The number of pyridine rings is 1. The Bertz CT molecular complexity index is 533. The summed E-state index contributed by atoms with van der Waals surface area (Å²) < 4.78 is 2.42. The van der Waals surface area contributed by atoms with Gasteiger partial charge in [0.05, 0.1) is 0 Å². The first-order valence-electron chi connectivity index (χ1n) is 6.33. The van der Waals surface area contributed by atoms with Crippen LogP contribution >= 0.6 is 0 Å². The van der Waals surface area contributed by atoms with Crippen molar-refractivity contribution in [2.45, 2.75) is 52.4 Å². The Morgan fingerprint density at radius 2 is 1.24 bits per heavy atom. The van der Waals surface area contributed by atoms with Crippen LogP contribution in [-0.4, -0.2) is 4.40 Å². The highest BCUT2D eigenvalue weighted by Crippen LogP contribution is 2.30. The van der Waals surface area contributed by atoms with E-state index in [2.05, 4.69) is 76.3 Å².